The Kier molecular flexibility index (Phi) is 6.22. The van der Waals surface area contributed by atoms with Crippen LogP contribution in [-0.2, 0) is 9.59 Å². The summed E-state index contributed by atoms with van der Waals surface area (Å²) in [7, 11) is 0. The van der Waals surface area contributed by atoms with E-state index in [9.17, 15) is 23.5 Å². The molecule has 0 aliphatic carbocycles. The Morgan fingerprint density at radius 3 is 2.42 bits per heavy atom. The molecule has 3 aromatic rings. The lowest BCUT2D eigenvalue weighted by Gasteiger charge is -2.25. The molecule has 0 radical (unpaired) electrons. The number of ether oxygens (including phenoxy) is 1. The molecule has 0 aromatic heterocycles. The standard InChI is InChI=1S/C26H21F2NO4/c1-2-14-33-19-7-5-6-16(15-19)24(30)22-23(20-8-3-4-9-21(20)28)29(26(32)25(22)31)18-12-10-17(27)11-13-18/h3-13,15,23,30H,2,14H2,1H3/b24-22-. The van der Waals surface area contributed by atoms with Crippen molar-refractivity contribution in [1.29, 1.82) is 0 Å². The Morgan fingerprint density at radius 1 is 1.00 bits per heavy atom. The maximum absolute atomic E-state index is 14.9. The van der Waals surface area contributed by atoms with Gasteiger partial charge in [-0.1, -0.05) is 37.3 Å². The highest BCUT2D eigenvalue weighted by molar-refractivity contribution is 6.51. The average molecular weight is 449 g/mol. The normalized spacial score (nSPS) is 17.4. The third kappa shape index (κ3) is 4.22. The molecule has 1 N–H and O–H groups in total. The van der Waals surface area contributed by atoms with Crippen LogP contribution in [0.1, 0.15) is 30.5 Å². The van der Waals surface area contributed by atoms with Gasteiger partial charge in [0.05, 0.1) is 18.2 Å². The number of amides is 1. The largest absolute Gasteiger partial charge is 0.507 e. The van der Waals surface area contributed by atoms with Crippen molar-refractivity contribution in [3.8, 4) is 5.75 Å². The molecule has 7 heteroatoms. The summed E-state index contributed by atoms with van der Waals surface area (Å²) in [6, 6.07) is 15.9. The topological polar surface area (TPSA) is 66.8 Å². The molecule has 5 nitrogen and oxygen atoms in total. The van der Waals surface area contributed by atoms with Crippen LogP contribution in [0.4, 0.5) is 14.5 Å². The van der Waals surface area contributed by atoms with Gasteiger partial charge in [0.1, 0.15) is 23.1 Å². The minimum Gasteiger partial charge on any atom is -0.507 e. The summed E-state index contributed by atoms with van der Waals surface area (Å²) < 4.78 is 33.9. The molecule has 1 fully saturated rings. The molecule has 0 spiro atoms. The maximum Gasteiger partial charge on any atom is 0.300 e. The second-order valence-corrected chi connectivity index (χ2v) is 7.54. The van der Waals surface area contributed by atoms with E-state index in [-0.39, 0.29) is 22.4 Å². The molecule has 1 amide bonds. The zero-order valence-electron chi connectivity index (χ0n) is 17.8. The first-order chi connectivity index (χ1) is 15.9. The molecule has 1 aliphatic heterocycles. The lowest BCUT2D eigenvalue weighted by molar-refractivity contribution is -0.132. The van der Waals surface area contributed by atoms with Crippen molar-refractivity contribution in [1.82, 2.24) is 0 Å². The van der Waals surface area contributed by atoms with Gasteiger partial charge in [-0.05, 0) is 48.9 Å². The van der Waals surface area contributed by atoms with E-state index in [2.05, 4.69) is 0 Å². The molecule has 1 atom stereocenters. The molecular weight excluding hydrogens is 428 g/mol. The summed E-state index contributed by atoms with van der Waals surface area (Å²) in [5.41, 5.74) is 0.218. The number of aliphatic hydroxyl groups excluding tert-OH is 1. The predicted octanol–water partition coefficient (Wildman–Crippen LogP) is 5.38. The summed E-state index contributed by atoms with van der Waals surface area (Å²) in [6.07, 6.45) is 0.784. The first-order valence-electron chi connectivity index (χ1n) is 10.5. The van der Waals surface area contributed by atoms with Gasteiger partial charge in [-0.3, -0.25) is 14.5 Å². The van der Waals surface area contributed by atoms with Crippen LogP contribution in [0.5, 0.6) is 5.75 Å². The Bertz CT molecular complexity index is 1240. The van der Waals surface area contributed by atoms with Crippen molar-refractivity contribution < 1.29 is 28.2 Å². The number of anilines is 1. The van der Waals surface area contributed by atoms with Crippen LogP contribution in [-0.4, -0.2) is 23.4 Å². The number of carbonyl (C=O) groups is 2. The Hall–Kier alpha value is -4.00. The molecule has 3 aromatic carbocycles. The number of hydrogen-bond donors (Lipinski definition) is 1. The number of nitrogens with zero attached hydrogens (tertiary/aromatic N) is 1. The van der Waals surface area contributed by atoms with E-state index in [0.717, 1.165) is 23.5 Å². The van der Waals surface area contributed by atoms with Crippen LogP contribution >= 0.6 is 0 Å². The molecule has 0 saturated carbocycles. The third-order valence-electron chi connectivity index (χ3n) is 5.33. The molecule has 1 saturated heterocycles. The molecule has 1 aliphatic rings. The van der Waals surface area contributed by atoms with Gasteiger partial charge in [0.2, 0.25) is 0 Å². The second kappa shape index (κ2) is 9.24. The number of benzene rings is 3. The summed E-state index contributed by atoms with van der Waals surface area (Å²) >= 11 is 0. The summed E-state index contributed by atoms with van der Waals surface area (Å²) in [5.74, 6) is -3.06. The smallest absolute Gasteiger partial charge is 0.300 e. The van der Waals surface area contributed by atoms with Gasteiger partial charge in [0, 0.05) is 16.8 Å². The van der Waals surface area contributed by atoms with E-state index in [1.165, 1.54) is 30.3 Å². The fraction of sp³-hybridized carbons (Fsp3) is 0.154. The van der Waals surface area contributed by atoms with Gasteiger partial charge in [-0.15, -0.1) is 0 Å². The highest BCUT2D eigenvalue weighted by atomic mass is 19.1. The number of halogens is 2. The Balaban J connectivity index is 1.90. The van der Waals surface area contributed by atoms with Gasteiger partial charge in [-0.25, -0.2) is 8.78 Å². The van der Waals surface area contributed by atoms with Gasteiger partial charge in [0.15, 0.2) is 0 Å². The zero-order valence-corrected chi connectivity index (χ0v) is 17.8. The number of hydrogen-bond acceptors (Lipinski definition) is 4. The van der Waals surface area contributed by atoms with Crippen molar-refractivity contribution in [3.05, 3.63) is 101 Å². The average Bonchev–Trinajstić information content (AvgIpc) is 3.08. The predicted molar refractivity (Wildman–Crippen MR) is 120 cm³/mol. The van der Waals surface area contributed by atoms with Crippen molar-refractivity contribution in [2.24, 2.45) is 0 Å². The van der Waals surface area contributed by atoms with E-state index in [1.807, 2.05) is 6.92 Å². The highest BCUT2D eigenvalue weighted by Crippen LogP contribution is 2.43. The lowest BCUT2D eigenvalue weighted by Crippen LogP contribution is -2.29. The minimum atomic E-state index is -1.24. The number of carbonyl (C=O) groups excluding carboxylic acids is 2. The first-order valence-corrected chi connectivity index (χ1v) is 10.5. The minimum absolute atomic E-state index is 0.0287. The maximum atomic E-state index is 14.9. The van der Waals surface area contributed by atoms with Gasteiger partial charge in [0.25, 0.3) is 11.7 Å². The van der Waals surface area contributed by atoms with Crippen LogP contribution in [0.3, 0.4) is 0 Å². The van der Waals surface area contributed by atoms with Crippen molar-refractivity contribution in [3.63, 3.8) is 0 Å². The quantitative estimate of drug-likeness (QED) is 0.312. The highest BCUT2D eigenvalue weighted by Gasteiger charge is 2.47. The Morgan fingerprint density at radius 2 is 1.73 bits per heavy atom. The van der Waals surface area contributed by atoms with Crippen molar-refractivity contribution >= 4 is 23.1 Å². The monoisotopic (exact) mass is 449 g/mol. The summed E-state index contributed by atoms with van der Waals surface area (Å²) in [6.45, 7) is 2.42. The fourth-order valence-corrected chi connectivity index (χ4v) is 3.80. The van der Waals surface area contributed by atoms with Crippen LogP contribution in [0.25, 0.3) is 5.76 Å². The second-order valence-electron chi connectivity index (χ2n) is 7.54. The van der Waals surface area contributed by atoms with Crippen LogP contribution < -0.4 is 9.64 Å². The van der Waals surface area contributed by atoms with Crippen LogP contribution in [0.2, 0.25) is 0 Å². The lowest BCUT2D eigenvalue weighted by atomic mass is 9.94. The van der Waals surface area contributed by atoms with Crippen molar-refractivity contribution in [2.45, 2.75) is 19.4 Å². The van der Waals surface area contributed by atoms with Gasteiger partial charge >= 0.3 is 0 Å². The number of Topliss-reactive ketones (excluding diaryl/α,β-unsaturated/α-hetero) is 1. The van der Waals surface area contributed by atoms with E-state index in [0.29, 0.717) is 12.4 Å². The zero-order chi connectivity index (χ0) is 23.5. The van der Waals surface area contributed by atoms with E-state index in [1.54, 1.807) is 30.3 Å². The number of aliphatic hydroxyl groups is 1. The van der Waals surface area contributed by atoms with Gasteiger partial charge in [-0.2, -0.15) is 0 Å². The molecule has 0 bridgehead atoms. The van der Waals surface area contributed by atoms with E-state index < -0.39 is 35.1 Å². The van der Waals surface area contributed by atoms with E-state index >= 15 is 0 Å². The molecule has 1 heterocycles. The Labute approximate surface area is 189 Å². The summed E-state index contributed by atoms with van der Waals surface area (Å²) in [4.78, 5) is 27.2. The number of ketones is 1. The molecule has 4 rings (SSSR count). The van der Waals surface area contributed by atoms with Crippen molar-refractivity contribution in [2.75, 3.05) is 11.5 Å². The van der Waals surface area contributed by atoms with Crippen LogP contribution in [0, 0.1) is 11.6 Å². The first kappa shape index (κ1) is 22.2. The molecule has 33 heavy (non-hydrogen) atoms. The number of rotatable bonds is 6. The SMILES string of the molecule is CCCOc1cccc(/C(O)=C2/C(=O)C(=O)N(c3ccc(F)cc3)C2c2ccccc2F)c1. The van der Waals surface area contributed by atoms with E-state index in [4.69, 9.17) is 4.74 Å². The fourth-order valence-electron chi connectivity index (χ4n) is 3.80. The molecule has 1 unspecified atom stereocenters. The summed E-state index contributed by atoms with van der Waals surface area (Å²) in [5, 5.41) is 11.1. The molecule has 168 valence electrons. The van der Waals surface area contributed by atoms with Crippen LogP contribution in [0.15, 0.2) is 78.4 Å². The third-order valence-corrected chi connectivity index (χ3v) is 5.33. The molecular formula is C26H21F2NO4. The van der Waals surface area contributed by atoms with Gasteiger partial charge < -0.3 is 9.84 Å².